The number of hydrogen-bond donors (Lipinski definition) is 1. The zero-order chi connectivity index (χ0) is 16.2. The molecule has 120 valence electrons. The monoisotopic (exact) mass is 311 g/mol. The number of hydrogen-bond acceptors (Lipinski definition) is 5. The molecule has 0 radical (unpaired) electrons. The van der Waals surface area contributed by atoms with Gasteiger partial charge in [0.05, 0.1) is 7.11 Å². The summed E-state index contributed by atoms with van der Waals surface area (Å²) in [5, 5.41) is 11.6. The van der Waals surface area contributed by atoms with Gasteiger partial charge in [0.1, 0.15) is 23.6 Å². The summed E-state index contributed by atoms with van der Waals surface area (Å²) in [5.74, 6) is 2.28. The van der Waals surface area contributed by atoms with Crippen molar-refractivity contribution in [3.8, 4) is 11.5 Å². The number of ether oxygens (including phenoxy) is 1. The van der Waals surface area contributed by atoms with E-state index in [4.69, 9.17) is 4.74 Å². The minimum absolute atomic E-state index is 0.531. The Kier molecular flexibility index (Phi) is 4.41. The zero-order valence-corrected chi connectivity index (χ0v) is 13.5. The molecule has 1 aliphatic carbocycles. The number of nitrogens with zero attached hydrogens (tertiary/aromatic N) is 4. The molecule has 0 spiro atoms. The fourth-order valence-corrected chi connectivity index (χ4v) is 2.32. The maximum absolute atomic E-state index is 5.05. The zero-order valence-electron chi connectivity index (χ0n) is 13.5. The number of nitrogens with one attached hydrogen (secondary N) is 1. The summed E-state index contributed by atoms with van der Waals surface area (Å²) >= 11 is 0. The van der Waals surface area contributed by atoms with Crippen molar-refractivity contribution in [1.82, 2.24) is 19.7 Å². The maximum Gasteiger partial charge on any atom is 0.182 e. The van der Waals surface area contributed by atoms with Crippen molar-refractivity contribution in [2.45, 2.75) is 25.8 Å². The van der Waals surface area contributed by atoms with Crippen LogP contribution in [-0.2, 0) is 4.74 Å². The standard InChI is InChI=1S/C17H21N5O/c1-12(9-13(2)23-3)10-18-16-6-4-5-15(20-16)17-21-19-11-22(17)14-7-8-14/h4-6,9,11,14H,2,7-8,10H2,1,3H3,(H,18,20)/b12-9+. The van der Waals surface area contributed by atoms with E-state index in [1.165, 1.54) is 12.8 Å². The van der Waals surface area contributed by atoms with E-state index in [1.807, 2.05) is 31.2 Å². The summed E-state index contributed by atoms with van der Waals surface area (Å²) in [6.45, 7) is 6.48. The molecule has 3 rings (SSSR count). The van der Waals surface area contributed by atoms with Crippen LogP contribution in [0.25, 0.3) is 11.5 Å². The molecule has 0 aromatic carbocycles. The van der Waals surface area contributed by atoms with Gasteiger partial charge in [0.25, 0.3) is 0 Å². The Morgan fingerprint density at radius 1 is 1.48 bits per heavy atom. The van der Waals surface area contributed by atoms with Gasteiger partial charge in [-0.3, -0.25) is 0 Å². The van der Waals surface area contributed by atoms with Crippen LogP contribution in [0.5, 0.6) is 0 Å². The van der Waals surface area contributed by atoms with Crippen molar-refractivity contribution in [3.63, 3.8) is 0 Å². The molecule has 6 heteroatoms. The average molecular weight is 311 g/mol. The van der Waals surface area contributed by atoms with Crippen LogP contribution in [0.1, 0.15) is 25.8 Å². The first-order valence-electron chi connectivity index (χ1n) is 7.68. The third-order valence-corrected chi connectivity index (χ3v) is 3.71. The largest absolute Gasteiger partial charge is 0.497 e. The van der Waals surface area contributed by atoms with Crippen LogP contribution in [0.3, 0.4) is 0 Å². The second-order valence-electron chi connectivity index (χ2n) is 5.72. The molecule has 0 amide bonds. The molecule has 0 unspecified atom stereocenters. The van der Waals surface area contributed by atoms with E-state index in [2.05, 4.69) is 31.6 Å². The van der Waals surface area contributed by atoms with Crippen molar-refractivity contribution in [1.29, 1.82) is 0 Å². The van der Waals surface area contributed by atoms with Gasteiger partial charge in [-0.15, -0.1) is 10.2 Å². The van der Waals surface area contributed by atoms with Crippen LogP contribution >= 0.6 is 0 Å². The first kappa shape index (κ1) is 15.3. The van der Waals surface area contributed by atoms with Crippen LogP contribution in [-0.4, -0.2) is 33.4 Å². The normalized spacial score (nSPS) is 14.6. The molecule has 1 fully saturated rings. The van der Waals surface area contributed by atoms with Gasteiger partial charge in [0.15, 0.2) is 5.82 Å². The lowest BCUT2D eigenvalue weighted by atomic mass is 10.2. The summed E-state index contributed by atoms with van der Waals surface area (Å²) in [4.78, 5) is 4.64. The van der Waals surface area contributed by atoms with Crippen molar-refractivity contribution in [3.05, 3.63) is 48.5 Å². The first-order chi connectivity index (χ1) is 11.2. The lowest BCUT2D eigenvalue weighted by molar-refractivity contribution is 0.308. The molecule has 0 aliphatic heterocycles. The van der Waals surface area contributed by atoms with E-state index < -0.39 is 0 Å². The van der Waals surface area contributed by atoms with Gasteiger partial charge in [0.2, 0.25) is 0 Å². The quantitative estimate of drug-likeness (QED) is 0.628. The Bertz CT molecular complexity index is 730. The maximum atomic E-state index is 5.05. The Hall–Kier alpha value is -2.63. The van der Waals surface area contributed by atoms with E-state index >= 15 is 0 Å². The van der Waals surface area contributed by atoms with E-state index in [0.717, 1.165) is 22.9 Å². The molecule has 1 saturated carbocycles. The number of allylic oxidation sites excluding steroid dienone is 1. The van der Waals surface area contributed by atoms with Gasteiger partial charge in [0, 0.05) is 12.6 Å². The van der Waals surface area contributed by atoms with Gasteiger partial charge in [-0.1, -0.05) is 18.2 Å². The van der Waals surface area contributed by atoms with Crippen molar-refractivity contribution < 1.29 is 4.74 Å². The number of aromatic nitrogens is 4. The second-order valence-corrected chi connectivity index (χ2v) is 5.72. The summed E-state index contributed by atoms with van der Waals surface area (Å²) in [7, 11) is 1.61. The molecule has 2 aromatic rings. The average Bonchev–Trinajstić information content (AvgIpc) is 3.29. The minimum atomic E-state index is 0.531. The fraction of sp³-hybridized carbons (Fsp3) is 0.353. The molecule has 6 nitrogen and oxygen atoms in total. The van der Waals surface area contributed by atoms with E-state index in [0.29, 0.717) is 18.3 Å². The van der Waals surface area contributed by atoms with Crippen molar-refractivity contribution >= 4 is 5.82 Å². The summed E-state index contributed by atoms with van der Waals surface area (Å²) in [6, 6.07) is 6.41. The highest BCUT2D eigenvalue weighted by atomic mass is 16.5. The highest BCUT2D eigenvalue weighted by molar-refractivity contribution is 5.54. The molecule has 1 aliphatic rings. The number of methoxy groups -OCH3 is 1. The van der Waals surface area contributed by atoms with E-state index in [-0.39, 0.29) is 0 Å². The molecule has 0 saturated heterocycles. The predicted molar refractivity (Wildman–Crippen MR) is 89.9 cm³/mol. The topological polar surface area (TPSA) is 64.9 Å². The van der Waals surface area contributed by atoms with E-state index in [1.54, 1.807) is 13.4 Å². The molecule has 2 aromatic heterocycles. The number of rotatable bonds is 7. The fourth-order valence-electron chi connectivity index (χ4n) is 2.32. The minimum Gasteiger partial charge on any atom is -0.497 e. The third-order valence-electron chi connectivity index (χ3n) is 3.71. The smallest absolute Gasteiger partial charge is 0.182 e. The van der Waals surface area contributed by atoms with Crippen molar-refractivity contribution in [2.24, 2.45) is 0 Å². The van der Waals surface area contributed by atoms with Gasteiger partial charge >= 0.3 is 0 Å². The highest BCUT2D eigenvalue weighted by Gasteiger charge is 2.26. The number of anilines is 1. The SMILES string of the molecule is C=C(/C=C(\C)CNc1cccc(-c2nncn2C2CC2)n1)OC. The van der Waals surface area contributed by atoms with Crippen LogP contribution in [0.15, 0.2) is 48.5 Å². The Labute approximate surface area is 135 Å². The lowest BCUT2D eigenvalue weighted by Crippen LogP contribution is -2.06. The first-order valence-corrected chi connectivity index (χ1v) is 7.68. The van der Waals surface area contributed by atoms with Crippen molar-refractivity contribution in [2.75, 3.05) is 19.0 Å². The van der Waals surface area contributed by atoms with Crippen LogP contribution < -0.4 is 5.32 Å². The van der Waals surface area contributed by atoms with Gasteiger partial charge < -0.3 is 14.6 Å². The summed E-state index contributed by atoms with van der Waals surface area (Å²) in [6.07, 6.45) is 6.07. The van der Waals surface area contributed by atoms with Gasteiger partial charge in [-0.05, 0) is 38.0 Å². The van der Waals surface area contributed by atoms with Crippen LogP contribution in [0.2, 0.25) is 0 Å². The number of pyridine rings is 1. The van der Waals surface area contributed by atoms with Gasteiger partial charge in [-0.2, -0.15) is 0 Å². The third kappa shape index (κ3) is 3.77. The summed E-state index contributed by atoms with van der Waals surface area (Å²) < 4.78 is 7.16. The van der Waals surface area contributed by atoms with Crippen LogP contribution in [0, 0.1) is 0 Å². The molecule has 0 atom stereocenters. The Balaban J connectivity index is 1.71. The van der Waals surface area contributed by atoms with Gasteiger partial charge in [-0.25, -0.2) is 4.98 Å². The van der Waals surface area contributed by atoms with E-state index in [9.17, 15) is 0 Å². The molecular weight excluding hydrogens is 290 g/mol. The molecule has 23 heavy (non-hydrogen) atoms. The summed E-state index contributed by atoms with van der Waals surface area (Å²) in [5.41, 5.74) is 1.95. The predicted octanol–water partition coefficient (Wildman–Crippen LogP) is 3.19. The molecule has 0 bridgehead atoms. The Morgan fingerprint density at radius 3 is 3.04 bits per heavy atom. The molecule has 2 heterocycles. The highest BCUT2D eigenvalue weighted by Crippen LogP contribution is 2.37. The Morgan fingerprint density at radius 2 is 2.30 bits per heavy atom. The van der Waals surface area contributed by atoms with Crippen LogP contribution in [0.4, 0.5) is 5.82 Å². The lowest BCUT2D eigenvalue weighted by Gasteiger charge is -2.09. The molecule has 1 N–H and O–H groups in total. The molecular formula is C17H21N5O. The second kappa shape index (κ2) is 6.64.